The molecule has 4 saturated carbocycles. The van der Waals surface area contributed by atoms with Gasteiger partial charge in [0, 0.05) is 18.1 Å². The number of fused-ring (bicyclic) bond motifs is 1. The van der Waals surface area contributed by atoms with Gasteiger partial charge in [-0.3, -0.25) is 14.5 Å². The highest BCUT2D eigenvalue weighted by atomic mass is 19.1. The molecule has 2 atom stereocenters. The highest BCUT2D eigenvalue weighted by Gasteiger charge is 2.63. The van der Waals surface area contributed by atoms with E-state index in [1.807, 2.05) is 0 Å². The third-order valence-corrected chi connectivity index (χ3v) is 7.79. The lowest BCUT2D eigenvalue weighted by Crippen LogP contribution is -2.67. The van der Waals surface area contributed by atoms with Crippen LogP contribution in [-0.2, 0) is 11.3 Å². The van der Waals surface area contributed by atoms with Gasteiger partial charge in [-0.2, -0.15) is 0 Å². The summed E-state index contributed by atoms with van der Waals surface area (Å²) in [4.78, 5) is 28.0. The van der Waals surface area contributed by atoms with Crippen molar-refractivity contribution in [3.8, 4) is 0 Å². The summed E-state index contributed by atoms with van der Waals surface area (Å²) < 4.78 is 33.8. The van der Waals surface area contributed by atoms with Crippen molar-refractivity contribution in [2.24, 2.45) is 11.8 Å². The fraction of sp³-hybridized carbons (Fsp3) is 0.440. The molecule has 4 fully saturated rings. The molecule has 2 unspecified atom stereocenters. The molecule has 0 radical (unpaired) electrons. The maximum atomic E-state index is 14.2. The van der Waals surface area contributed by atoms with Crippen LogP contribution in [0.4, 0.5) is 8.78 Å². The van der Waals surface area contributed by atoms with Gasteiger partial charge in [0.1, 0.15) is 11.6 Å². The molecule has 7 rings (SSSR count). The van der Waals surface area contributed by atoms with E-state index in [1.165, 1.54) is 17.0 Å². The number of carbonyl (C=O) groups excluding carboxylic acids is 2. The van der Waals surface area contributed by atoms with Gasteiger partial charge in [0.05, 0.1) is 28.9 Å². The Labute approximate surface area is 179 Å². The predicted octanol–water partition coefficient (Wildman–Crippen LogP) is 4.87. The van der Waals surface area contributed by atoms with E-state index in [0.29, 0.717) is 34.9 Å². The molecule has 160 valence electrons. The number of rotatable bonds is 4. The second-order valence-electron chi connectivity index (χ2n) is 9.88. The fourth-order valence-corrected chi connectivity index (χ4v) is 7.05. The molecule has 2 aromatic rings. The third kappa shape index (κ3) is 2.80. The monoisotopic (exact) mass is 423 g/mol. The molecule has 31 heavy (non-hydrogen) atoms. The van der Waals surface area contributed by atoms with Crippen molar-refractivity contribution in [1.29, 1.82) is 0 Å². The van der Waals surface area contributed by atoms with Crippen molar-refractivity contribution in [1.82, 2.24) is 4.90 Å². The number of hydrogen-bond acceptors (Lipinski definition) is 3. The Morgan fingerprint density at radius 1 is 0.935 bits per heavy atom. The minimum Gasteiger partial charge on any atom is -0.370 e. The van der Waals surface area contributed by atoms with Gasteiger partial charge < -0.3 is 4.74 Å². The van der Waals surface area contributed by atoms with Crippen LogP contribution in [0.15, 0.2) is 42.5 Å². The number of carbonyl (C=O) groups is 2. The highest BCUT2D eigenvalue weighted by Crippen LogP contribution is 2.61. The molecule has 1 aliphatic heterocycles. The Hall–Kier alpha value is -2.60. The maximum Gasteiger partial charge on any atom is 0.262 e. The van der Waals surface area contributed by atoms with Crippen LogP contribution in [0.25, 0.3) is 0 Å². The van der Waals surface area contributed by atoms with E-state index in [2.05, 4.69) is 0 Å². The number of hydrogen-bond donors (Lipinski definition) is 0. The number of imide groups is 1. The van der Waals surface area contributed by atoms with Gasteiger partial charge >= 0.3 is 0 Å². The summed E-state index contributed by atoms with van der Waals surface area (Å²) in [5, 5.41) is 0. The molecule has 6 heteroatoms. The zero-order valence-electron chi connectivity index (χ0n) is 17.1. The molecule has 4 bridgehead atoms. The highest BCUT2D eigenvalue weighted by molar-refractivity contribution is 6.21. The molecule has 0 aromatic heterocycles. The molecule has 4 nitrogen and oxygen atoms in total. The summed E-state index contributed by atoms with van der Waals surface area (Å²) in [5.74, 6) is -0.878. The number of halogens is 2. The number of nitrogens with zero attached hydrogens (tertiary/aromatic N) is 1. The molecule has 1 heterocycles. The Bertz CT molecular complexity index is 1060. The lowest BCUT2D eigenvalue weighted by molar-refractivity contribution is -0.193. The van der Waals surface area contributed by atoms with Crippen molar-refractivity contribution >= 4 is 11.8 Å². The summed E-state index contributed by atoms with van der Waals surface area (Å²) in [6.45, 7) is 0.0593. The van der Waals surface area contributed by atoms with Gasteiger partial charge in [0.2, 0.25) is 0 Å². The lowest BCUT2D eigenvalue weighted by atomic mass is 9.50. The second kappa shape index (κ2) is 6.45. The lowest BCUT2D eigenvalue weighted by Gasteiger charge is -2.63. The molecule has 2 amide bonds. The van der Waals surface area contributed by atoms with Crippen molar-refractivity contribution in [3.63, 3.8) is 0 Å². The average molecular weight is 423 g/mol. The van der Waals surface area contributed by atoms with Gasteiger partial charge in [-0.15, -0.1) is 0 Å². The van der Waals surface area contributed by atoms with Crippen LogP contribution in [0.1, 0.15) is 64.8 Å². The fourth-order valence-electron chi connectivity index (χ4n) is 7.05. The van der Waals surface area contributed by atoms with Crippen molar-refractivity contribution in [3.05, 3.63) is 70.8 Å². The number of amides is 2. The summed E-state index contributed by atoms with van der Waals surface area (Å²) in [6, 6.07) is 10.6. The SMILES string of the molecule is O=C1c2ccccc2C(=O)N1C12CC3CC(CC(OCc4ccc(F)cc4F)(C3)C1)C2. The summed E-state index contributed by atoms with van der Waals surface area (Å²) >= 11 is 0. The molecule has 0 spiro atoms. The minimum atomic E-state index is -0.611. The largest absolute Gasteiger partial charge is 0.370 e. The third-order valence-electron chi connectivity index (χ3n) is 7.79. The zero-order valence-corrected chi connectivity index (χ0v) is 17.1. The topological polar surface area (TPSA) is 46.6 Å². The maximum absolute atomic E-state index is 14.2. The molecule has 4 aliphatic carbocycles. The average Bonchev–Trinajstić information content (AvgIpc) is 2.98. The van der Waals surface area contributed by atoms with E-state index in [9.17, 15) is 18.4 Å². The van der Waals surface area contributed by atoms with E-state index >= 15 is 0 Å². The second-order valence-corrected chi connectivity index (χ2v) is 9.88. The number of benzene rings is 2. The molecule has 0 N–H and O–H groups in total. The quantitative estimate of drug-likeness (QED) is 0.660. The van der Waals surface area contributed by atoms with Crippen LogP contribution in [0.5, 0.6) is 0 Å². The van der Waals surface area contributed by atoms with Gasteiger partial charge in [-0.05, 0) is 62.1 Å². The van der Waals surface area contributed by atoms with Gasteiger partial charge in [-0.25, -0.2) is 8.78 Å². The standard InChI is InChI=1S/C25H23F2NO3/c26-18-6-5-17(21(27)8-18)13-31-25-11-15-7-16(12-25)10-24(9-15,14-25)28-22(29)19-3-1-2-4-20(19)23(28)30/h1-6,8,15-16H,7,9-14H2. The van der Waals surface area contributed by atoms with E-state index in [-0.39, 0.29) is 18.4 Å². The van der Waals surface area contributed by atoms with Crippen molar-refractivity contribution < 1.29 is 23.1 Å². The first-order valence-corrected chi connectivity index (χ1v) is 10.9. The van der Waals surface area contributed by atoms with E-state index in [1.54, 1.807) is 24.3 Å². The summed E-state index contributed by atoms with van der Waals surface area (Å²) in [7, 11) is 0. The summed E-state index contributed by atoms with van der Waals surface area (Å²) in [5.41, 5.74) is 0.254. The van der Waals surface area contributed by atoms with Crippen LogP contribution in [0.2, 0.25) is 0 Å². The van der Waals surface area contributed by atoms with Crippen LogP contribution >= 0.6 is 0 Å². The first kappa shape index (κ1) is 19.1. The zero-order chi connectivity index (χ0) is 21.4. The molecular formula is C25H23F2NO3. The van der Waals surface area contributed by atoms with Gasteiger partial charge in [-0.1, -0.05) is 18.2 Å². The molecular weight excluding hydrogens is 400 g/mol. The molecule has 5 aliphatic rings. The normalized spacial score (nSPS) is 33.3. The van der Waals surface area contributed by atoms with Crippen LogP contribution < -0.4 is 0 Å². The van der Waals surface area contributed by atoms with Gasteiger partial charge in [0.15, 0.2) is 0 Å². The van der Waals surface area contributed by atoms with Crippen molar-refractivity contribution in [2.45, 2.75) is 56.3 Å². The van der Waals surface area contributed by atoms with E-state index < -0.39 is 22.8 Å². The molecule has 2 aromatic carbocycles. The predicted molar refractivity (Wildman–Crippen MR) is 108 cm³/mol. The Balaban J connectivity index is 1.31. The van der Waals surface area contributed by atoms with Crippen LogP contribution in [0.3, 0.4) is 0 Å². The minimum absolute atomic E-state index is 0.0593. The Kier molecular flexibility index (Phi) is 3.98. The Morgan fingerprint density at radius 3 is 2.19 bits per heavy atom. The molecule has 0 saturated heterocycles. The van der Waals surface area contributed by atoms with Crippen molar-refractivity contribution in [2.75, 3.05) is 0 Å². The van der Waals surface area contributed by atoms with Crippen LogP contribution in [-0.4, -0.2) is 27.9 Å². The summed E-state index contributed by atoms with van der Waals surface area (Å²) in [6.07, 6.45) is 5.01. The number of ether oxygens (including phenoxy) is 1. The van der Waals surface area contributed by atoms with Crippen LogP contribution in [0, 0.1) is 23.5 Å². The Morgan fingerprint density at radius 2 is 1.58 bits per heavy atom. The first-order chi connectivity index (χ1) is 14.9. The van der Waals surface area contributed by atoms with E-state index in [4.69, 9.17) is 4.74 Å². The first-order valence-electron chi connectivity index (χ1n) is 10.9. The smallest absolute Gasteiger partial charge is 0.262 e. The van der Waals surface area contributed by atoms with Gasteiger partial charge in [0.25, 0.3) is 11.8 Å². The van der Waals surface area contributed by atoms with E-state index in [0.717, 1.165) is 38.2 Å².